The maximum atomic E-state index is 2.04. The molecule has 0 radical (unpaired) electrons. The lowest BCUT2D eigenvalue weighted by atomic mass is 10.7. The quantitative estimate of drug-likeness (QED) is 0.447. The van der Waals surface area contributed by atoms with E-state index in [1.165, 1.54) is 0 Å². The van der Waals surface area contributed by atoms with E-state index in [4.69, 9.17) is 0 Å². The predicted molar refractivity (Wildman–Crippen MR) is 27.1 cm³/mol. The Balaban J connectivity index is 0.000000250. The summed E-state index contributed by atoms with van der Waals surface area (Å²) < 4.78 is 0. The highest BCUT2D eigenvalue weighted by Crippen LogP contribution is 1.91. The fourth-order valence-electron chi connectivity index (χ4n) is 0.227. The fraction of sp³-hybridized carbons (Fsp3) is 0. The maximum Gasteiger partial charge on any atom is 0.235 e. The molecule has 0 atom stereocenters. The smallest absolute Gasteiger partial charge is 0.152 e. The van der Waals surface area contributed by atoms with Gasteiger partial charge in [-0.3, -0.25) is 0 Å². The minimum atomic E-state index is 0. The molecule has 6 heavy (non-hydrogen) atoms. The number of rotatable bonds is 0. The van der Waals surface area contributed by atoms with E-state index in [1.807, 2.05) is 22.9 Å². The van der Waals surface area contributed by atoms with Gasteiger partial charge in [-0.05, 0) is 10.8 Å². The first-order valence-electron chi connectivity index (χ1n) is 1.47. The first-order chi connectivity index (χ1) is 2.50. The van der Waals surface area contributed by atoms with Crippen molar-refractivity contribution in [1.82, 2.24) is 0 Å². The summed E-state index contributed by atoms with van der Waals surface area (Å²) in [5, 5.41) is 4.08. The molecule has 0 fully saturated rings. The molecule has 2 heteroatoms. The zero-order valence-electron chi connectivity index (χ0n) is 3.16. The van der Waals surface area contributed by atoms with Gasteiger partial charge in [-0.15, -0.1) is 0 Å². The van der Waals surface area contributed by atoms with Crippen molar-refractivity contribution >= 4 is 11.3 Å². The van der Waals surface area contributed by atoms with Crippen molar-refractivity contribution in [2.75, 3.05) is 0 Å². The monoisotopic (exact) mass is 213 g/mol. The molecule has 0 aromatic carbocycles. The van der Waals surface area contributed by atoms with Gasteiger partial charge in [0.15, 0.2) is 0 Å². The van der Waals surface area contributed by atoms with Gasteiger partial charge in [-0.2, -0.15) is 11.3 Å². The summed E-state index contributed by atoms with van der Waals surface area (Å²) in [6, 6.07) is 4.04. The Bertz CT molecular complexity index is 64.0. The number of hydrogen-bond donors (Lipinski definition) is 0. The van der Waals surface area contributed by atoms with E-state index in [-0.39, 0.29) is 24.0 Å². The first-order valence-corrected chi connectivity index (χ1v) is 2.41. The Labute approximate surface area is 58.2 Å². The molecule has 0 saturated heterocycles. The second-order valence-corrected chi connectivity index (χ2v) is 1.61. The van der Waals surface area contributed by atoms with Crippen molar-refractivity contribution in [2.45, 2.75) is 0 Å². The summed E-state index contributed by atoms with van der Waals surface area (Å²) in [6.45, 7) is 0. The van der Waals surface area contributed by atoms with Crippen molar-refractivity contribution in [3.63, 3.8) is 0 Å². The average Bonchev–Trinajstić information content (AvgIpc) is 1.76. The third-order valence-electron chi connectivity index (χ3n) is 0.425. The highest BCUT2D eigenvalue weighted by Gasteiger charge is 1.58. The van der Waals surface area contributed by atoms with Crippen molar-refractivity contribution in [3.05, 3.63) is 22.9 Å². The van der Waals surface area contributed by atoms with Gasteiger partial charge in [0.2, 0.25) is 24.0 Å². The van der Waals surface area contributed by atoms with Crippen LogP contribution in [0.15, 0.2) is 22.9 Å². The second kappa shape index (κ2) is 3.61. The van der Waals surface area contributed by atoms with E-state index >= 15 is 0 Å². The van der Waals surface area contributed by atoms with Crippen LogP contribution >= 0.6 is 11.3 Å². The molecule has 1 aromatic rings. The molecule has 0 spiro atoms. The van der Waals surface area contributed by atoms with Crippen LogP contribution in [0.4, 0.5) is 0 Å². The van der Waals surface area contributed by atoms with E-state index in [1.54, 1.807) is 11.3 Å². The average molecular weight is 213 g/mol. The Morgan fingerprint density at radius 2 is 1.50 bits per heavy atom. The zero-order chi connectivity index (χ0) is 3.54. The summed E-state index contributed by atoms with van der Waals surface area (Å²) in [5.74, 6) is 0. The van der Waals surface area contributed by atoms with E-state index in [0.29, 0.717) is 0 Å². The van der Waals surface area contributed by atoms with Gasteiger partial charge in [-0.1, -0.05) is 12.1 Å². The summed E-state index contributed by atoms with van der Waals surface area (Å²) in [4.78, 5) is 0. The molecular weight excluding hydrogens is 207 g/mol. The highest BCUT2D eigenvalue weighted by molar-refractivity contribution is 7.07. The molecule has 0 nitrogen and oxygen atoms in total. The topological polar surface area (TPSA) is 0 Å². The predicted octanol–water partition coefficient (Wildman–Crippen LogP) is -1.78. The lowest BCUT2D eigenvalue weighted by Crippen LogP contribution is -3.00. The molecule has 0 saturated carbocycles. The second-order valence-electron chi connectivity index (χ2n) is 0.793. The molecule has 1 rings (SSSR count). The highest BCUT2D eigenvalue weighted by atomic mass is 127. The van der Waals surface area contributed by atoms with E-state index in [9.17, 15) is 0 Å². The van der Waals surface area contributed by atoms with Crippen molar-refractivity contribution in [3.8, 4) is 0 Å². The molecule has 0 amide bonds. The normalized spacial score (nSPS) is 6.67. The third-order valence-corrected chi connectivity index (χ3v) is 1.05. The zero-order valence-corrected chi connectivity index (χ0v) is 6.53. The first kappa shape index (κ1) is 6.43. The van der Waals surface area contributed by atoms with Crippen molar-refractivity contribution < 1.29 is 24.0 Å². The minimum absolute atomic E-state index is 0. The van der Waals surface area contributed by atoms with Crippen LogP contribution in [0.25, 0.3) is 0 Å². The lowest BCUT2D eigenvalue weighted by molar-refractivity contribution is -0.000000940. The van der Waals surface area contributed by atoms with Gasteiger partial charge in [0.05, 0.1) is 0 Å². The largest absolute Gasteiger partial charge is 0.235 e. The van der Waals surface area contributed by atoms with Crippen LogP contribution in [0.2, 0.25) is 0 Å². The van der Waals surface area contributed by atoms with Crippen molar-refractivity contribution in [2.24, 2.45) is 0 Å². The Hall–Kier alpha value is 0.430. The third kappa shape index (κ3) is 1.77. The van der Waals surface area contributed by atoms with Gasteiger partial charge < -0.3 is 0 Å². The molecule has 1 aromatic heterocycles. The molecular formula is C4H6IS+. The molecule has 0 aliphatic carbocycles. The van der Waals surface area contributed by atoms with E-state index < -0.39 is 0 Å². The molecule has 34 valence electrons. The molecule has 0 N–H and O–H groups in total. The van der Waals surface area contributed by atoms with Crippen LogP contribution < -0.4 is 24.0 Å². The van der Waals surface area contributed by atoms with E-state index in [0.717, 1.165) is 0 Å². The van der Waals surface area contributed by atoms with Gasteiger partial charge in [0, 0.05) is 0 Å². The minimum Gasteiger partial charge on any atom is -0.152 e. The maximum absolute atomic E-state index is 2.04. The van der Waals surface area contributed by atoms with E-state index in [2.05, 4.69) is 0 Å². The van der Waals surface area contributed by atoms with Crippen LogP contribution in [0.1, 0.15) is 0 Å². The summed E-state index contributed by atoms with van der Waals surface area (Å²) in [7, 11) is 0. The summed E-state index contributed by atoms with van der Waals surface area (Å²) in [6.07, 6.45) is 0. The van der Waals surface area contributed by atoms with Gasteiger partial charge in [0.25, 0.3) is 0 Å². The lowest BCUT2D eigenvalue weighted by Gasteiger charge is -1.39. The van der Waals surface area contributed by atoms with Gasteiger partial charge in [0.1, 0.15) is 0 Å². The number of thiophene rings is 1. The Kier molecular flexibility index (Phi) is 3.87. The number of halogens is 1. The van der Waals surface area contributed by atoms with Gasteiger partial charge >= 0.3 is 0 Å². The number of hydrogen-bond acceptors (Lipinski definition) is 1. The Morgan fingerprint density at radius 1 is 1.00 bits per heavy atom. The van der Waals surface area contributed by atoms with Crippen LogP contribution in [0.5, 0.6) is 0 Å². The van der Waals surface area contributed by atoms with Crippen LogP contribution in [-0.4, -0.2) is 0 Å². The van der Waals surface area contributed by atoms with Gasteiger partial charge in [-0.25, -0.2) is 0 Å². The molecule has 0 aliphatic heterocycles. The van der Waals surface area contributed by atoms with Crippen LogP contribution in [-0.2, 0) is 0 Å². The summed E-state index contributed by atoms with van der Waals surface area (Å²) >= 11 is 1.71. The standard InChI is InChI=1S/C4H4S.H2I/c1-2-4-5-3-1;/h1-4H;1H2/q;+1. The van der Waals surface area contributed by atoms with Crippen LogP contribution in [0.3, 0.4) is 0 Å². The SMILES string of the molecule is [IH2+].c1ccsc1. The fourth-order valence-corrected chi connectivity index (χ4v) is 0.680. The molecule has 0 bridgehead atoms. The molecule has 0 unspecified atom stereocenters. The molecule has 1 heterocycles. The summed E-state index contributed by atoms with van der Waals surface area (Å²) in [5.41, 5.74) is 0. The van der Waals surface area contributed by atoms with Crippen LogP contribution in [0, 0.1) is 0 Å². The molecule has 0 aliphatic rings. The Morgan fingerprint density at radius 3 is 1.67 bits per heavy atom. The van der Waals surface area contributed by atoms with Crippen molar-refractivity contribution in [1.29, 1.82) is 0 Å².